The smallest absolute Gasteiger partial charge is 0.278 e. The van der Waals surface area contributed by atoms with E-state index in [-0.39, 0.29) is 5.91 Å². The molecule has 0 spiro atoms. The van der Waals surface area contributed by atoms with Gasteiger partial charge in [0.15, 0.2) is 5.69 Å². The largest absolute Gasteiger partial charge is 0.305 e. The van der Waals surface area contributed by atoms with Crippen LogP contribution < -0.4 is 5.32 Å². The second kappa shape index (κ2) is 5.30. The van der Waals surface area contributed by atoms with Crippen LogP contribution in [0.3, 0.4) is 0 Å². The molecule has 0 atom stereocenters. The minimum Gasteiger partial charge on any atom is -0.305 e. The average Bonchev–Trinajstić information content (AvgIpc) is 2.73. The number of nitrogens with one attached hydrogen (secondary N) is 1. The van der Waals surface area contributed by atoms with Gasteiger partial charge in [-0.3, -0.25) is 9.48 Å². The van der Waals surface area contributed by atoms with Gasteiger partial charge in [0.05, 0.1) is 4.47 Å². The van der Waals surface area contributed by atoms with E-state index in [0.29, 0.717) is 22.5 Å². The Bertz CT molecular complexity index is 562. The fourth-order valence-corrected chi connectivity index (χ4v) is 1.93. The van der Waals surface area contributed by atoms with E-state index in [1.807, 2.05) is 19.9 Å². The lowest BCUT2D eigenvalue weighted by Gasteiger charge is -2.02. The predicted octanol–water partition coefficient (Wildman–Crippen LogP) is 2.62. The zero-order valence-corrected chi connectivity index (χ0v) is 11.7. The van der Waals surface area contributed by atoms with Crippen LogP contribution in [0.4, 0.5) is 5.82 Å². The Morgan fingerprint density at radius 2 is 2.28 bits per heavy atom. The van der Waals surface area contributed by atoms with Gasteiger partial charge in [-0.25, -0.2) is 4.98 Å². The number of rotatable bonds is 3. The summed E-state index contributed by atoms with van der Waals surface area (Å²) in [7, 11) is 0. The SMILES string of the molecule is CCn1cc(Br)c(C(=O)Nc2ccc(C)cn2)n1. The molecular formula is C12H13BrN4O. The fourth-order valence-electron chi connectivity index (χ4n) is 1.43. The van der Waals surface area contributed by atoms with Crippen LogP contribution in [0.25, 0.3) is 0 Å². The molecule has 0 aromatic carbocycles. The second-order valence-electron chi connectivity index (χ2n) is 3.86. The predicted molar refractivity (Wildman–Crippen MR) is 72.5 cm³/mol. The highest BCUT2D eigenvalue weighted by atomic mass is 79.9. The summed E-state index contributed by atoms with van der Waals surface area (Å²) >= 11 is 3.32. The first kappa shape index (κ1) is 12.8. The first-order valence-electron chi connectivity index (χ1n) is 5.57. The minimum absolute atomic E-state index is 0.273. The monoisotopic (exact) mass is 308 g/mol. The van der Waals surface area contributed by atoms with Gasteiger partial charge < -0.3 is 5.32 Å². The highest BCUT2D eigenvalue weighted by Gasteiger charge is 2.15. The molecule has 0 bridgehead atoms. The van der Waals surface area contributed by atoms with Gasteiger partial charge in [0, 0.05) is 18.9 Å². The molecule has 0 saturated carbocycles. The first-order chi connectivity index (χ1) is 8.60. The number of hydrogen-bond donors (Lipinski definition) is 1. The molecule has 0 unspecified atom stereocenters. The summed E-state index contributed by atoms with van der Waals surface area (Å²) < 4.78 is 2.37. The Kier molecular flexibility index (Phi) is 3.76. The summed E-state index contributed by atoms with van der Waals surface area (Å²) in [6, 6.07) is 3.65. The lowest BCUT2D eigenvalue weighted by Crippen LogP contribution is -2.14. The van der Waals surface area contributed by atoms with Crippen molar-refractivity contribution in [2.45, 2.75) is 20.4 Å². The number of aromatic nitrogens is 3. The van der Waals surface area contributed by atoms with E-state index in [1.165, 1.54) is 0 Å². The van der Waals surface area contributed by atoms with E-state index in [1.54, 1.807) is 23.1 Å². The van der Waals surface area contributed by atoms with Gasteiger partial charge in [-0.05, 0) is 41.4 Å². The molecule has 18 heavy (non-hydrogen) atoms. The van der Waals surface area contributed by atoms with Gasteiger partial charge in [-0.1, -0.05) is 6.07 Å². The summed E-state index contributed by atoms with van der Waals surface area (Å²) in [4.78, 5) is 16.1. The molecule has 2 rings (SSSR count). The minimum atomic E-state index is -0.273. The molecule has 0 aliphatic heterocycles. The molecule has 0 fully saturated rings. The maximum Gasteiger partial charge on any atom is 0.278 e. The van der Waals surface area contributed by atoms with Gasteiger partial charge >= 0.3 is 0 Å². The zero-order valence-electron chi connectivity index (χ0n) is 10.1. The van der Waals surface area contributed by atoms with E-state index in [2.05, 4.69) is 31.3 Å². The highest BCUT2D eigenvalue weighted by Crippen LogP contribution is 2.16. The second-order valence-corrected chi connectivity index (χ2v) is 4.71. The van der Waals surface area contributed by atoms with Crippen molar-refractivity contribution in [1.82, 2.24) is 14.8 Å². The quantitative estimate of drug-likeness (QED) is 0.948. The van der Waals surface area contributed by atoms with Crippen LogP contribution in [0.5, 0.6) is 0 Å². The summed E-state index contributed by atoms with van der Waals surface area (Å²) in [5.74, 6) is 0.244. The van der Waals surface area contributed by atoms with Gasteiger partial charge in [0.25, 0.3) is 5.91 Å². The normalized spacial score (nSPS) is 10.4. The maximum absolute atomic E-state index is 12.0. The Hall–Kier alpha value is -1.69. The molecule has 0 radical (unpaired) electrons. The van der Waals surface area contributed by atoms with E-state index < -0.39 is 0 Å². The number of carbonyl (C=O) groups excluding carboxylic acids is 1. The summed E-state index contributed by atoms with van der Waals surface area (Å²) in [6.07, 6.45) is 3.48. The van der Waals surface area contributed by atoms with Crippen molar-refractivity contribution in [1.29, 1.82) is 0 Å². The lowest BCUT2D eigenvalue weighted by atomic mass is 10.3. The molecule has 6 heteroatoms. The van der Waals surface area contributed by atoms with Crippen molar-refractivity contribution in [2.24, 2.45) is 0 Å². The molecule has 1 amide bonds. The third kappa shape index (κ3) is 2.76. The molecule has 2 aromatic rings. The molecule has 2 aromatic heterocycles. The molecule has 0 aliphatic rings. The number of nitrogens with zero attached hydrogens (tertiary/aromatic N) is 3. The molecule has 94 valence electrons. The molecule has 0 aliphatic carbocycles. The van der Waals surface area contributed by atoms with Crippen LogP contribution in [0, 0.1) is 6.92 Å². The molecule has 2 heterocycles. The maximum atomic E-state index is 12.0. The molecule has 1 N–H and O–H groups in total. The van der Waals surface area contributed by atoms with Crippen molar-refractivity contribution in [3.05, 3.63) is 40.3 Å². The van der Waals surface area contributed by atoms with Crippen molar-refractivity contribution in [2.75, 3.05) is 5.32 Å². The van der Waals surface area contributed by atoms with Crippen molar-refractivity contribution < 1.29 is 4.79 Å². The van der Waals surface area contributed by atoms with E-state index >= 15 is 0 Å². The van der Waals surface area contributed by atoms with Crippen molar-refractivity contribution in [3.63, 3.8) is 0 Å². The Balaban J connectivity index is 2.16. The van der Waals surface area contributed by atoms with Crippen LogP contribution in [0.1, 0.15) is 23.0 Å². The van der Waals surface area contributed by atoms with Gasteiger partial charge in [-0.2, -0.15) is 5.10 Å². The number of halogens is 1. The number of pyridine rings is 1. The molecule has 5 nitrogen and oxygen atoms in total. The standard InChI is InChI=1S/C12H13BrN4O/c1-3-17-7-9(13)11(16-17)12(18)15-10-5-4-8(2)6-14-10/h4-7H,3H2,1-2H3,(H,14,15,18). The third-order valence-electron chi connectivity index (χ3n) is 2.41. The van der Waals surface area contributed by atoms with Crippen LogP contribution >= 0.6 is 15.9 Å². The number of anilines is 1. The van der Waals surface area contributed by atoms with Gasteiger partial charge in [-0.15, -0.1) is 0 Å². The third-order valence-corrected chi connectivity index (χ3v) is 2.99. The van der Waals surface area contributed by atoms with E-state index in [9.17, 15) is 4.79 Å². The summed E-state index contributed by atoms with van der Waals surface area (Å²) in [5.41, 5.74) is 1.41. The van der Waals surface area contributed by atoms with E-state index in [4.69, 9.17) is 0 Å². The van der Waals surface area contributed by atoms with Crippen LogP contribution in [0.15, 0.2) is 29.0 Å². The van der Waals surface area contributed by atoms with Crippen molar-refractivity contribution in [3.8, 4) is 0 Å². The molecular weight excluding hydrogens is 296 g/mol. The fraction of sp³-hybridized carbons (Fsp3) is 0.250. The van der Waals surface area contributed by atoms with Crippen molar-refractivity contribution >= 4 is 27.7 Å². The summed E-state index contributed by atoms with van der Waals surface area (Å²) in [5, 5.41) is 6.88. The zero-order chi connectivity index (χ0) is 13.1. The molecule has 0 saturated heterocycles. The van der Waals surface area contributed by atoms with Crippen LogP contribution in [0.2, 0.25) is 0 Å². The topological polar surface area (TPSA) is 59.8 Å². The first-order valence-corrected chi connectivity index (χ1v) is 6.36. The highest BCUT2D eigenvalue weighted by molar-refractivity contribution is 9.10. The Morgan fingerprint density at radius 3 is 2.83 bits per heavy atom. The van der Waals surface area contributed by atoms with Gasteiger partial charge in [0.2, 0.25) is 0 Å². The average molecular weight is 309 g/mol. The number of aryl methyl sites for hydroxylation is 2. The number of carbonyl (C=O) groups is 1. The van der Waals surface area contributed by atoms with Crippen LogP contribution in [-0.4, -0.2) is 20.7 Å². The lowest BCUT2D eigenvalue weighted by molar-refractivity contribution is 0.102. The van der Waals surface area contributed by atoms with Gasteiger partial charge in [0.1, 0.15) is 5.82 Å². The summed E-state index contributed by atoms with van der Waals surface area (Å²) in [6.45, 7) is 4.62. The number of amides is 1. The van der Waals surface area contributed by atoms with Crippen LogP contribution in [-0.2, 0) is 6.54 Å². The Morgan fingerprint density at radius 1 is 1.50 bits per heavy atom. The Labute approximate surface area is 113 Å². The number of hydrogen-bond acceptors (Lipinski definition) is 3. The van der Waals surface area contributed by atoms with E-state index in [0.717, 1.165) is 5.56 Å².